The van der Waals surface area contributed by atoms with Gasteiger partial charge in [-0.15, -0.1) is 0 Å². The first-order valence-electron chi connectivity index (χ1n) is 7.72. The molecule has 2 aromatic carbocycles. The van der Waals surface area contributed by atoms with Crippen molar-refractivity contribution in [1.82, 2.24) is 5.32 Å². The number of nitrogens with zero attached hydrogens (tertiary/aromatic N) is 1. The minimum absolute atomic E-state index is 0.133. The molecule has 0 spiro atoms. The lowest BCUT2D eigenvalue weighted by molar-refractivity contribution is -0.122. The topological polar surface area (TPSA) is 75.7 Å². The first kappa shape index (κ1) is 17.9. The SMILES string of the molecule is COc1cc(Br)cc(/C=C2\C(=O)NC(=O)N(c3cccc(C)c3)C2=O)c1. The number of carbonyl (C=O) groups is 3. The van der Waals surface area contributed by atoms with Gasteiger partial charge in [-0.2, -0.15) is 0 Å². The highest BCUT2D eigenvalue weighted by molar-refractivity contribution is 9.10. The van der Waals surface area contributed by atoms with Crippen LogP contribution >= 0.6 is 15.9 Å². The van der Waals surface area contributed by atoms with Crippen LogP contribution in [0.5, 0.6) is 5.75 Å². The summed E-state index contributed by atoms with van der Waals surface area (Å²) in [5.41, 5.74) is 1.75. The molecule has 1 aliphatic rings. The lowest BCUT2D eigenvalue weighted by atomic mass is 10.1. The smallest absolute Gasteiger partial charge is 0.335 e. The van der Waals surface area contributed by atoms with Crippen LogP contribution in [0.25, 0.3) is 6.08 Å². The summed E-state index contributed by atoms with van der Waals surface area (Å²) >= 11 is 3.36. The number of ether oxygens (including phenoxy) is 1. The highest BCUT2D eigenvalue weighted by Gasteiger charge is 2.36. The highest BCUT2D eigenvalue weighted by Crippen LogP contribution is 2.26. The van der Waals surface area contributed by atoms with E-state index in [1.807, 2.05) is 13.0 Å². The van der Waals surface area contributed by atoms with E-state index in [1.165, 1.54) is 13.2 Å². The number of amides is 4. The van der Waals surface area contributed by atoms with Crippen molar-refractivity contribution in [3.63, 3.8) is 0 Å². The van der Waals surface area contributed by atoms with Gasteiger partial charge in [-0.3, -0.25) is 14.9 Å². The first-order valence-corrected chi connectivity index (χ1v) is 8.51. The fourth-order valence-electron chi connectivity index (χ4n) is 2.61. The normalized spacial score (nSPS) is 16.0. The van der Waals surface area contributed by atoms with Crippen LogP contribution in [0.2, 0.25) is 0 Å². The van der Waals surface area contributed by atoms with Crippen LogP contribution in [0.4, 0.5) is 10.5 Å². The molecule has 3 rings (SSSR count). The van der Waals surface area contributed by atoms with Gasteiger partial charge in [0, 0.05) is 4.47 Å². The molecule has 1 saturated heterocycles. The zero-order valence-corrected chi connectivity index (χ0v) is 15.7. The average molecular weight is 415 g/mol. The number of carbonyl (C=O) groups excluding carboxylic acids is 3. The van der Waals surface area contributed by atoms with Crippen LogP contribution in [0.1, 0.15) is 11.1 Å². The van der Waals surface area contributed by atoms with E-state index >= 15 is 0 Å². The van der Waals surface area contributed by atoms with Gasteiger partial charge in [-0.05, 0) is 54.5 Å². The molecular formula is C19H15BrN2O4. The molecule has 2 aromatic rings. The van der Waals surface area contributed by atoms with E-state index in [0.717, 1.165) is 14.9 Å². The second-order valence-corrected chi connectivity index (χ2v) is 6.64. The van der Waals surface area contributed by atoms with Gasteiger partial charge in [0.1, 0.15) is 11.3 Å². The molecule has 0 unspecified atom stereocenters. The summed E-state index contributed by atoms with van der Waals surface area (Å²) in [6.45, 7) is 1.85. The number of anilines is 1. The molecule has 0 atom stereocenters. The van der Waals surface area contributed by atoms with E-state index in [9.17, 15) is 14.4 Å². The third kappa shape index (κ3) is 3.52. The molecule has 26 heavy (non-hydrogen) atoms. The third-order valence-corrected chi connectivity index (χ3v) is 4.26. The molecule has 1 N–H and O–H groups in total. The number of benzene rings is 2. The minimum Gasteiger partial charge on any atom is -0.497 e. The summed E-state index contributed by atoms with van der Waals surface area (Å²) in [5, 5.41) is 2.21. The van der Waals surface area contributed by atoms with Gasteiger partial charge >= 0.3 is 6.03 Å². The van der Waals surface area contributed by atoms with Crippen molar-refractivity contribution in [2.24, 2.45) is 0 Å². The van der Waals surface area contributed by atoms with E-state index in [4.69, 9.17) is 4.74 Å². The van der Waals surface area contributed by atoms with Gasteiger partial charge in [0.2, 0.25) is 0 Å². The Bertz CT molecular complexity index is 952. The standard InChI is InChI=1S/C19H15BrN2O4/c1-11-4-3-5-14(6-11)22-18(24)16(17(23)21-19(22)25)9-12-7-13(20)10-15(8-12)26-2/h3-10H,1-2H3,(H,21,23,25)/b16-9+. The lowest BCUT2D eigenvalue weighted by Crippen LogP contribution is -2.54. The molecule has 0 aromatic heterocycles. The number of nitrogens with one attached hydrogen (secondary N) is 1. The molecule has 1 heterocycles. The molecule has 7 heteroatoms. The van der Waals surface area contributed by atoms with Crippen LogP contribution in [0.15, 0.2) is 52.5 Å². The van der Waals surface area contributed by atoms with Crippen molar-refractivity contribution in [2.45, 2.75) is 6.92 Å². The number of methoxy groups -OCH3 is 1. The Balaban J connectivity index is 2.04. The van der Waals surface area contributed by atoms with Crippen LogP contribution < -0.4 is 15.0 Å². The Morgan fingerprint density at radius 3 is 2.58 bits per heavy atom. The maximum atomic E-state index is 12.8. The summed E-state index contributed by atoms with van der Waals surface area (Å²) in [6, 6.07) is 11.3. The minimum atomic E-state index is -0.769. The van der Waals surface area contributed by atoms with E-state index in [2.05, 4.69) is 21.2 Å². The molecule has 1 aliphatic heterocycles. The molecule has 6 nitrogen and oxygen atoms in total. The Labute approximate surface area is 158 Å². The van der Waals surface area contributed by atoms with Crippen molar-refractivity contribution in [3.05, 3.63) is 63.6 Å². The summed E-state index contributed by atoms with van der Waals surface area (Å²) < 4.78 is 5.93. The number of aryl methyl sites for hydroxylation is 1. The number of barbiturate groups is 1. The fraction of sp³-hybridized carbons (Fsp3) is 0.105. The van der Waals surface area contributed by atoms with Crippen molar-refractivity contribution in [2.75, 3.05) is 12.0 Å². The van der Waals surface area contributed by atoms with E-state index in [-0.39, 0.29) is 5.57 Å². The van der Waals surface area contributed by atoms with Gasteiger partial charge in [0.05, 0.1) is 12.8 Å². The second-order valence-electron chi connectivity index (χ2n) is 5.72. The van der Waals surface area contributed by atoms with Crippen molar-refractivity contribution in [3.8, 4) is 5.75 Å². The molecule has 1 fully saturated rings. The second kappa shape index (κ2) is 7.13. The molecular weight excluding hydrogens is 400 g/mol. The fourth-order valence-corrected chi connectivity index (χ4v) is 3.10. The quantitative estimate of drug-likeness (QED) is 0.616. The van der Waals surface area contributed by atoms with Crippen LogP contribution in [0, 0.1) is 6.92 Å². The zero-order valence-electron chi connectivity index (χ0n) is 14.1. The van der Waals surface area contributed by atoms with Crippen molar-refractivity contribution < 1.29 is 19.1 Å². The predicted molar refractivity (Wildman–Crippen MR) is 101 cm³/mol. The summed E-state index contributed by atoms with van der Waals surface area (Å²) in [4.78, 5) is 38.2. The van der Waals surface area contributed by atoms with Gasteiger partial charge in [0.15, 0.2) is 0 Å². The maximum Gasteiger partial charge on any atom is 0.335 e. The summed E-state index contributed by atoms with van der Waals surface area (Å²) in [5.74, 6) is -0.840. The van der Waals surface area contributed by atoms with Gasteiger partial charge in [0.25, 0.3) is 11.8 Å². The average Bonchev–Trinajstić information content (AvgIpc) is 2.58. The van der Waals surface area contributed by atoms with Crippen LogP contribution in [-0.4, -0.2) is 25.0 Å². The number of urea groups is 1. The molecule has 4 amide bonds. The third-order valence-electron chi connectivity index (χ3n) is 3.80. The molecule has 132 valence electrons. The van der Waals surface area contributed by atoms with Crippen LogP contribution in [0.3, 0.4) is 0 Å². The molecule has 0 radical (unpaired) electrons. The predicted octanol–water partition coefficient (Wildman–Crippen LogP) is 3.43. The first-order chi connectivity index (χ1) is 12.4. The number of rotatable bonds is 3. The van der Waals surface area contributed by atoms with Gasteiger partial charge < -0.3 is 4.74 Å². The van der Waals surface area contributed by atoms with E-state index < -0.39 is 17.8 Å². The number of hydrogen-bond donors (Lipinski definition) is 1. The Hall–Kier alpha value is -2.93. The maximum absolute atomic E-state index is 12.8. The lowest BCUT2D eigenvalue weighted by Gasteiger charge is -2.26. The Morgan fingerprint density at radius 2 is 1.88 bits per heavy atom. The van der Waals surface area contributed by atoms with Crippen molar-refractivity contribution in [1.29, 1.82) is 0 Å². The number of imide groups is 2. The van der Waals surface area contributed by atoms with Gasteiger partial charge in [-0.1, -0.05) is 28.1 Å². The molecule has 0 saturated carbocycles. The zero-order chi connectivity index (χ0) is 18.8. The number of halogens is 1. The number of hydrogen-bond acceptors (Lipinski definition) is 4. The summed E-state index contributed by atoms with van der Waals surface area (Å²) in [6.07, 6.45) is 1.43. The van der Waals surface area contributed by atoms with Crippen LogP contribution in [-0.2, 0) is 9.59 Å². The molecule has 0 bridgehead atoms. The molecule has 0 aliphatic carbocycles. The monoisotopic (exact) mass is 414 g/mol. The van der Waals surface area contributed by atoms with E-state index in [1.54, 1.807) is 36.4 Å². The largest absolute Gasteiger partial charge is 0.497 e. The Kier molecular flexibility index (Phi) is 4.90. The Morgan fingerprint density at radius 1 is 1.12 bits per heavy atom. The summed E-state index contributed by atoms with van der Waals surface area (Å²) in [7, 11) is 1.52. The van der Waals surface area contributed by atoms with E-state index in [0.29, 0.717) is 17.0 Å². The van der Waals surface area contributed by atoms with Gasteiger partial charge in [-0.25, -0.2) is 9.69 Å². The van der Waals surface area contributed by atoms with Crippen molar-refractivity contribution >= 4 is 45.5 Å². The highest BCUT2D eigenvalue weighted by atomic mass is 79.9.